The van der Waals surface area contributed by atoms with E-state index in [2.05, 4.69) is 12.2 Å². The summed E-state index contributed by atoms with van der Waals surface area (Å²) in [4.78, 5) is 26.0. The van der Waals surface area contributed by atoms with Crippen LogP contribution in [0.5, 0.6) is 0 Å². The molecule has 3 heteroatoms. The third-order valence-corrected chi connectivity index (χ3v) is 5.20. The van der Waals surface area contributed by atoms with Crippen LogP contribution in [-0.4, -0.2) is 17.7 Å². The molecule has 1 N–H and O–H groups in total. The van der Waals surface area contributed by atoms with Gasteiger partial charge >= 0.3 is 0 Å². The van der Waals surface area contributed by atoms with E-state index in [1.54, 1.807) is 6.07 Å². The lowest BCUT2D eigenvalue weighted by molar-refractivity contribution is -0.120. The highest BCUT2D eigenvalue weighted by atomic mass is 16.2. The van der Waals surface area contributed by atoms with Gasteiger partial charge in [-0.3, -0.25) is 9.59 Å². The van der Waals surface area contributed by atoms with Gasteiger partial charge < -0.3 is 5.32 Å². The van der Waals surface area contributed by atoms with E-state index in [1.807, 2.05) is 79.7 Å². The number of hydrogen-bond donors (Lipinski definition) is 1. The number of carbonyl (C=O) groups is 2. The van der Waals surface area contributed by atoms with Crippen molar-refractivity contribution in [2.24, 2.45) is 0 Å². The van der Waals surface area contributed by atoms with Crippen LogP contribution in [0.4, 0.5) is 0 Å². The number of hydrogen-bond acceptors (Lipinski definition) is 2. The van der Waals surface area contributed by atoms with Crippen LogP contribution in [0.3, 0.4) is 0 Å². The molecule has 29 heavy (non-hydrogen) atoms. The molecule has 0 fully saturated rings. The van der Waals surface area contributed by atoms with Crippen LogP contribution in [0.15, 0.2) is 78.9 Å². The summed E-state index contributed by atoms with van der Waals surface area (Å²) in [6.45, 7) is 4.06. The number of ketones is 1. The Morgan fingerprint density at radius 1 is 0.862 bits per heavy atom. The van der Waals surface area contributed by atoms with Crippen LogP contribution >= 0.6 is 0 Å². The molecule has 3 aromatic carbocycles. The van der Waals surface area contributed by atoms with Gasteiger partial charge in [0.15, 0.2) is 5.78 Å². The standard InChI is InChI=1S/C26H27NO2/c1-3-20-13-9-15-23(16-20)26(29)27-24(17-21-11-5-4-6-12-21)25(28)18-22-14-8-7-10-19(22)2/h4-16,24H,3,17-18H2,1-2H3,(H,27,29). The molecular weight excluding hydrogens is 358 g/mol. The average Bonchev–Trinajstić information content (AvgIpc) is 2.75. The van der Waals surface area contributed by atoms with Crippen molar-refractivity contribution in [3.63, 3.8) is 0 Å². The lowest BCUT2D eigenvalue weighted by Crippen LogP contribution is -2.43. The summed E-state index contributed by atoms with van der Waals surface area (Å²) in [6.07, 6.45) is 1.64. The van der Waals surface area contributed by atoms with Crippen molar-refractivity contribution in [1.82, 2.24) is 5.32 Å². The van der Waals surface area contributed by atoms with E-state index < -0.39 is 6.04 Å². The summed E-state index contributed by atoms with van der Waals surface area (Å²) in [6, 6.07) is 24.7. The second kappa shape index (κ2) is 9.83. The van der Waals surface area contributed by atoms with Gasteiger partial charge in [0.05, 0.1) is 6.04 Å². The predicted molar refractivity (Wildman–Crippen MR) is 117 cm³/mol. The van der Waals surface area contributed by atoms with Crippen molar-refractivity contribution >= 4 is 11.7 Å². The maximum absolute atomic E-state index is 13.1. The lowest BCUT2D eigenvalue weighted by atomic mass is 9.95. The van der Waals surface area contributed by atoms with Gasteiger partial charge in [-0.2, -0.15) is 0 Å². The number of carbonyl (C=O) groups excluding carboxylic acids is 2. The molecule has 0 bridgehead atoms. The summed E-state index contributed by atoms with van der Waals surface area (Å²) < 4.78 is 0. The zero-order valence-electron chi connectivity index (χ0n) is 17.0. The van der Waals surface area contributed by atoms with Crippen molar-refractivity contribution in [2.45, 2.75) is 39.2 Å². The van der Waals surface area contributed by atoms with Gasteiger partial charge in [0.25, 0.3) is 5.91 Å². The summed E-state index contributed by atoms with van der Waals surface area (Å²) in [7, 11) is 0. The van der Waals surface area contributed by atoms with Crippen LogP contribution in [0.1, 0.15) is 39.5 Å². The molecule has 0 aliphatic rings. The largest absolute Gasteiger partial charge is 0.342 e. The fraction of sp³-hybridized carbons (Fsp3) is 0.231. The molecular formula is C26H27NO2. The third-order valence-electron chi connectivity index (χ3n) is 5.20. The number of rotatable bonds is 8. The van der Waals surface area contributed by atoms with Gasteiger partial charge in [0, 0.05) is 12.0 Å². The molecule has 1 unspecified atom stereocenters. The molecule has 1 amide bonds. The van der Waals surface area contributed by atoms with E-state index >= 15 is 0 Å². The summed E-state index contributed by atoms with van der Waals surface area (Å²) >= 11 is 0. The first-order chi connectivity index (χ1) is 14.1. The smallest absolute Gasteiger partial charge is 0.251 e. The first kappa shape index (κ1) is 20.5. The summed E-state index contributed by atoms with van der Waals surface area (Å²) in [5, 5.41) is 2.98. The number of Topliss-reactive ketones (excluding diaryl/α,β-unsaturated/α-hetero) is 1. The third kappa shape index (κ3) is 5.64. The second-order valence-electron chi connectivity index (χ2n) is 7.34. The van der Waals surface area contributed by atoms with Crippen molar-refractivity contribution in [2.75, 3.05) is 0 Å². The molecule has 0 spiro atoms. The van der Waals surface area contributed by atoms with E-state index in [1.165, 1.54) is 0 Å². The second-order valence-corrected chi connectivity index (χ2v) is 7.34. The Morgan fingerprint density at radius 2 is 1.55 bits per heavy atom. The van der Waals surface area contributed by atoms with E-state index in [9.17, 15) is 9.59 Å². The van der Waals surface area contributed by atoms with Gasteiger partial charge in [0.2, 0.25) is 0 Å². The van der Waals surface area contributed by atoms with E-state index in [4.69, 9.17) is 0 Å². The van der Waals surface area contributed by atoms with Gasteiger partial charge in [-0.1, -0.05) is 73.7 Å². The first-order valence-corrected chi connectivity index (χ1v) is 10.1. The van der Waals surface area contributed by atoms with Crippen molar-refractivity contribution in [3.05, 3.63) is 107 Å². The molecule has 0 radical (unpaired) electrons. The van der Waals surface area contributed by atoms with Gasteiger partial charge in [-0.15, -0.1) is 0 Å². The molecule has 0 saturated carbocycles. The number of aryl methyl sites for hydroxylation is 2. The average molecular weight is 386 g/mol. The topological polar surface area (TPSA) is 46.2 Å². The zero-order chi connectivity index (χ0) is 20.6. The summed E-state index contributed by atoms with van der Waals surface area (Å²) in [5.41, 5.74) is 4.80. The van der Waals surface area contributed by atoms with Crippen LogP contribution in [0, 0.1) is 6.92 Å². The number of amides is 1. The monoisotopic (exact) mass is 385 g/mol. The highest BCUT2D eigenvalue weighted by Crippen LogP contribution is 2.13. The van der Waals surface area contributed by atoms with Crippen molar-refractivity contribution in [1.29, 1.82) is 0 Å². The predicted octanol–water partition coefficient (Wildman–Crippen LogP) is 4.71. The molecule has 1 atom stereocenters. The Morgan fingerprint density at radius 3 is 2.28 bits per heavy atom. The maximum atomic E-state index is 13.1. The van der Waals surface area contributed by atoms with Crippen molar-refractivity contribution < 1.29 is 9.59 Å². The number of benzene rings is 3. The minimum Gasteiger partial charge on any atom is -0.342 e. The highest BCUT2D eigenvalue weighted by Gasteiger charge is 2.22. The van der Waals surface area contributed by atoms with Gasteiger partial charge in [-0.05, 0) is 54.2 Å². The maximum Gasteiger partial charge on any atom is 0.251 e. The molecule has 0 heterocycles. The molecule has 0 aliphatic carbocycles. The van der Waals surface area contributed by atoms with Crippen molar-refractivity contribution in [3.8, 4) is 0 Å². The fourth-order valence-electron chi connectivity index (χ4n) is 3.39. The lowest BCUT2D eigenvalue weighted by Gasteiger charge is -2.19. The van der Waals surface area contributed by atoms with E-state index in [-0.39, 0.29) is 11.7 Å². The molecule has 3 aromatic rings. The molecule has 0 saturated heterocycles. The molecule has 148 valence electrons. The Kier molecular flexibility index (Phi) is 6.96. The molecule has 0 aliphatic heterocycles. The Balaban J connectivity index is 1.81. The number of nitrogens with one attached hydrogen (secondary N) is 1. The molecule has 0 aromatic heterocycles. The van der Waals surface area contributed by atoms with E-state index in [0.29, 0.717) is 18.4 Å². The Bertz CT molecular complexity index is 979. The van der Waals surface area contributed by atoms with Gasteiger partial charge in [0.1, 0.15) is 0 Å². The quantitative estimate of drug-likeness (QED) is 0.610. The Labute approximate surface area is 172 Å². The van der Waals surface area contributed by atoms with Crippen LogP contribution in [0.25, 0.3) is 0 Å². The SMILES string of the molecule is CCc1cccc(C(=O)NC(Cc2ccccc2)C(=O)Cc2ccccc2C)c1. The minimum atomic E-state index is -0.574. The minimum absolute atomic E-state index is 0.0168. The first-order valence-electron chi connectivity index (χ1n) is 10.1. The van der Waals surface area contributed by atoms with Crippen LogP contribution in [0.2, 0.25) is 0 Å². The van der Waals surface area contributed by atoms with Crippen LogP contribution in [-0.2, 0) is 24.1 Å². The molecule has 3 rings (SSSR count). The Hall–Kier alpha value is -3.20. The van der Waals surface area contributed by atoms with E-state index in [0.717, 1.165) is 28.7 Å². The van der Waals surface area contributed by atoms with Gasteiger partial charge in [-0.25, -0.2) is 0 Å². The zero-order valence-corrected chi connectivity index (χ0v) is 17.0. The fourth-order valence-corrected chi connectivity index (χ4v) is 3.39. The summed E-state index contributed by atoms with van der Waals surface area (Å²) in [5.74, 6) is -0.192. The normalized spacial score (nSPS) is 11.7. The highest BCUT2D eigenvalue weighted by molar-refractivity contribution is 5.98. The molecule has 3 nitrogen and oxygen atoms in total. The van der Waals surface area contributed by atoms with Crippen LogP contribution < -0.4 is 5.32 Å².